The van der Waals surface area contributed by atoms with Gasteiger partial charge in [-0.05, 0) is 55.8 Å². The molecule has 0 spiro atoms. The normalized spacial score (nSPS) is 16.4. The fourth-order valence-electron chi connectivity index (χ4n) is 2.58. The van der Waals surface area contributed by atoms with Gasteiger partial charge in [0.1, 0.15) is 5.75 Å². The maximum Gasteiger partial charge on any atom is 0.416 e. The molecule has 0 atom stereocenters. The molecular weight excluding hydrogens is 407 g/mol. The predicted octanol–water partition coefficient (Wildman–Crippen LogP) is 5.90. The highest BCUT2D eigenvalue weighted by atomic mass is 32.2. The van der Waals surface area contributed by atoms with E-state index in [1.807, 2.05) is 13.8 Å². The molecule has 1 aliphatic rings. The molecule has 1 saturated heterocycles. The number of thiocarbonyl (C=S) groups is 1. The molecule has 1 aliphatic heterocycles. The molecule has 0 aliphatic carbocycles. The molecular formula is C20H16F3NO2S2. The van der Waals surface area contributed by atoms with Crippen LogP contribution in [-0.4, -0.2) is 16.3 Å². The van der Waals surface area contributed by atoms with E-state index in [2.05, 4.69) is 0 Å². The first-order valence-corrected chi connectivity index (χ1v) is 9.59. The second-order valence-corrected chi connectivity index (χ2v) is 7.98. The van der Waals surface area contributed by atoms with Crippen molar-refractivity contribution in [2.45, 2.75) is 26.1 Å². The van der Waals surface area contributed by atoms with Crippen molar-refractivity contribution in [3.8, 4) is 5.75 Å². The summed E-state index contributed by atoms with van der Waals surface area (Å²) in [6, 6.07) is 11.8. The highest BCUT2D eigenvalue weighted by Crippen LogP contribution is 2.38. The van der Waals surface area contributed by atoms with Crippen LogP contribution in [0.3, 0.4) is 0 Å². The maximum absolute atomic E-state index is 13.0. The monoisotopic (exact) mass is 423 g/mol. The average molecular weight is 423 g/mol. The molecule has 2 aromatic rings. The van der Waals surface area contributed by atoms with E-state index in [1.54, 1.807) is 30.3 Å². The van der Waals surface area contributed by atoms with E-state index in [1.165, 1.54) is 12.1 Å². The quantitative estimate of drug-likeness (QED) is 0.452. The van der Waals surface area contributed by atoms with Crippen LogP contribution in [-0.2, 0) is 11.0 Å². The van der Waals surface area contributed by atoms with Crippen molar-refractivity contribution in [1.29, 1.82) is 0 Å². The molecule has 0 bridgehead atoms. The first-order valence-electron chi connectivity index (χ1n) is 8.37. The molecule has 0 radical (unpaired) electrons. The van der Waals surface area contributed by atoms with E-state index in [0.29, 0.717) is 10.7 Å². The van der Waals surface area contributed by atoms with Gasteiger partial charge >= 0.3 is 6.18 Å². The van der Waals surface area contributed by atoms with Crippen LogP contribution in [0.5, 0.6) is 5.75 Å². The number of hydrogen-bond donors (Lipinski definition) is 0. The van der Waals surface area contributed by atoms with Crippen molar-refractivity contribution >= 4 is 46.0 Å². The van der Waals surface area contributed by atoms with Crippen molar-refractivity contribution in [1.82, 2.24) is 0 Å². The molecule has 3 nitrogen and oxygen atoms in total. The van der Waals surface area contributed by atoms with E-state index in [0.717, 1.165) is 34.4 Å². The van der Waals surface area contributed by atoms with Crippen molar-refractivity contribution in [2.75, 3.05) is 4.90 Å². The van der Waals surface area contributed by atoms with E-state index in [-0.39, 0.29) is 16.1 Å². The Hall–Kier alpha value is -2.32. The fourth-order valence-corrected chi connectivity index (χ4v) is 3.88. The number of rotatable bonds is 4. The Morgan fingerprint density at radius 2 is 1.82 bits per heavy atom. The summed E-state index contributed by atoms with van der Waals surface area (Å²) in [5.41, 5.74) is 0.0332. The molecule has 1 heterocycles. The van der Waals surface area contributed by atoms with Crippen LogP contribution >= 0.6 is 24.0 Å². The van der Waals surface area contributed by atoms with E-state index in [9.17, 15) is 18.0 Å². The summed E-state index contributed by atoms with van der Waals surface area (Å²) in [5.74, 6) is 0.264. The van der Waals surface area contributed by atoms with Gasteiger partial charge in [-0.2, -0.15) is 13.2 Å². The molecule has 0 N–H and O–H groups in total. The highest BCUT2D eigenvalue weighted by molar-refractivity contribution is 8.27. The molecule has 8 heteroatoms. The van der Waals surface area contributed by atoms with E-state index < -0.39 is 17.6 Å². The second-order valence-electron chi connectivity index (χ2n) is 6.30. The average Bonchev–Trinajstić information content (AvgIpc) is 2.89. The summed E-state index contributed by atoms with van der Waals surface area (Å²) >= 11 is 6.28. The zero-order valence-electron chi connectivity index (χ0n) is 15.0. The molecule has 146 valence electrons. The molecule has 0 saturated carbocycles. The van der Waals surface area contributed by atoms with Gasteiger partial charge in [0.2, 0.25) is 0 Å². The number of hydrogen-bond acceptors (Lipinski definition) is 4. The molecule has 2 aromatic carbocycles. The Bertz CT molecular complexity index is 937. The van der Waals surface area contributed by atoms with Crippen LogP contribution in [0, 0.1) is 0 Å². The number of ether oxygens (including phenoxy) is 1. The summed E-state index contributed by atoms with van der Waals surface area (Å²) in [6.45, 7) is 3.85. The summed E-state index contributed by atoms with van der Waals surface area (Å²) in [5, 5.41) is 0. The van der Waals surface area contributed by atoms with Crippen molar-refractivity contribution in [3.05, 3.63) is 64.6 Å². The first kappa shape index (κ1) is 20.4. The lowest BCUT2D eigenvalue weighted by Gasteiger charge is -2.16. The number of halogens is 3. The van der Waals surface area contributed by atoms with E-state index in [4.69, 9.17) is 17.0 Å². The Morgan fingerprint density at radius 3 is 2.43 bits per heavy atom. The van der Waals surface area contributed by atoms with Crippen molar-refractivity contribution in [2.24, 2.45) is 0 Å². The molecule has 3 rings (SSSR count). The molecule has 0 unspecified atom stereocenters. The summed E-state index contributed by atoms with van der Waals surface area (Å²) < 4.78 is 44.7. The Kier molecular flexibility index (Phi) is 5.81. The number of benzene rings is 2. The second kappa shape index (κ2) is 7.97. The summed E-state index contributed by atoms with van der Waals surface area (Å²) in [7, 11) is 0. The van der Waals surface area contributed by atoms with Crippen LogP contribution in [0.4, 0.5) is 18.9 Å². The number of nitrogens with zero attached hydrogens (tertiary/aromatic N) is 1. The summed E-state index contributed by atoms with van der Waals surface area (Å²) in [6.07, 6.45) is -2.78. The number of carbonyl (C=O) groups excluding carboxylic acids is 1. The van der Waals surface area contributed by atoms with Gasteiger partial charge in [-0.1, -0.05) is 42.2 Å². The van der Waals surface area contributed by atoms with Gasteiger partial charge in [-0.15, -0.1) is 0 Å². The van der Waals surface area contributed by atoms with Crippen molar-refractivity contribution in [3.63, 3.8) is 0 Å². The lowest BCUT2D eigenvalue weighted by molar-refractivity contribution is -0.137. The fraction of sp³-hybridized carbons (Fsp3) is 0.200. The zero-order chi connectivity index (χ0) is 20.5. The lowest BCUT2D eigenvalue weighted by Crippen LogP contribution is -2.27. The largest absolute Gasteiger partial charge is 0.491 e. The zero-order valence-corrected chi connectivity index (χ0v) is 16.6. The summed E-state index contributed by atoms with van der Waals surface area (Å²) in [4.78, 5) is 14.2. The third-order valence-electron chi connectivity index (χ3n) is 3.78. The van der Waals surface area contributed by atoms with E-state index >= 15 is 0 Å². The minimum atomic E-state index is -4.49. The number of anilines is 1. The van der Waals surface area contributed by atoms with Crippen LogP contribution < -0.4 is 9.64 Å². The van der Waals surface area contributed by atoms with Gasteiger partial charge < -0.3 is 4.74 Å². The molecule has 0 aromatic heterocycles. The molecule has 28 heavy (non-hydrogen) atoms. The van der Waals surface area contributed by atoms with Gasteiger partial charge in [0.05, 0.1) is 22.3 Å². The van der Waals surface area contributed by atoms with Crippen LogP contribution in [0.2, 0.25) is 0 Å². The minimum absolute atomic E-state index is 0.0505. The maximum atomic E-state index is 13.0. The van der Waals surface area contributed by atoms with Crippen LogP contribution in [0.15, 0.2) is 53.4 Å². The molecule has 1 fully saturated rings. The van der Waals surface area contributed by atoms with Gasteiger partial charge in [0, 0.05) is 0 Å². The first-order chi connectivity index (χ1) is 13.1. The lowest BCUT2D eigenvalue weighted by atomic mass is 10.1. The smallest absolute Gasteiger partial charge is 0.416 e. The van der Waals surface area contributed by atoms with Crippen molar-refractivity contribution < 1.29 is 22.7 Å². The Balaban J connectivity index is 1.85. The molecule has 1 amide bonds. The van der Waals surface area contributed by atoms with Gasteiger partial charge in [-0.3, -0.25) is 9.69 Å². The van der Waals surface area contributed by atoms with Gasteiger partial charge in [0.15, 0.2) is 4.32 Å². The minimum Gasteiger partial charge on any atom is -0.491 e. The third-order valence-corrected chi connectivity index (χ3v) is 5.08. The van der Waals surface area contributed by atoms with Gasteiger partial charge in [-0.25, -0.2) is 0 Å². The number of carbonyl (C=O) groups is 1. The Labute approximate surface area is 170 Å². The third kappa shape index (κ3) is 4.56. The van der Waals surface area contributed by atoms with Gasteiger partial charge in [0.25, 0.3) is 5.91 Å². The van der Waals surface area contributed by atoms with Crippen LogP contribution in [0.1, 0.15) is 25.0 Å². The Morgan fingerprint density at radius 1 is 1.14 bits per heavy atom. The highest BCUT2D eigenvalue weighted by Gasteiger charge is 2.36. The number of amides is 1. The SMILES string of the molecule is CC(C)Oc1ccc(/C=C2/SC(=S)N(c3cccc(C(F)(F)F)c3)C2=O)cc1. The number of alkyl halides is 3. The van der Waals surface area contributed by atoms with Crippen LogP contribution in [0.25, 0.3) is 6.08 Å². The topological polar surface area (TPSA) is 29.5 Å². The predicted molar refractivity (Wildman–Crippen MR) is 109 cm³/mol. The number of thioether (sulfide) groups is 1. The standard InChI is InChI=1S/C20H16F3NO2S2/c1-12(2)26-16-8-6-13(7-9-16)10-17-18(25)24(19(27)28-17)15-5-3-4-14(11-15)20(21,22)23/h3-12H,1-2H3/b17-10+.